The van der Waals surface area contributed by atoms with Crippen molar-refractivity contribution < 1.29 is 24.3 Å². The number of aryl methyl sites for hydroxylation is 2. The van der Waals surface area contributed by atoms with Crippen LogP contribution in [0.1, 0.15) is 27.2 Å². The van der Waals surface area contributed by atoms with Crippen molar-refractivity contribution in [2.45, 2.75) is 13.8 Å². The molecule has 0 aliphatic carbocycles. The zero-order chi connectivity index (χ0) is 24.4. The summed E-state index contributed by atoms with van der Waals surface area (Å²) < 4.78 is 1.77. The molecule has 34 heavy (non-hydrogen) atoms. The van der Waals surface area contributed by atoms with Gasteiger partial charge in [-0.3, -0.25) is 19.3 Å². The van der Waals surface area contributed by atoms with Gasteiger partial charge in [-0.25, -0.2) is 4.79 Å². The molecule has 2 heterocycles. The van der Waals surface area contributed by atoms with Gasteiger partial charge in [0.2, 0.25) is 5.91 Å². The molecule has 3 amide bonds. The maximum atomic E-state index is 12.9. The number of anilines is 1. The summed E-state index contributed by atoms with van der Waals surface area (Å²) >= 11 is 0.772. The quantitative estimate of drug-likeness (QED) is 0.510. The van der Waals surface area contributed by atoms with Gasteiger partial charge >= 0.3 is 5.97 Å². The summed E-state index contributed by atoms with van der Waals surface area (Å²) in [5.74, 6) is -2.02. The lowest BCUT2D eigenvalue weighted by Crippen LogP contribution is -2.36. The fraction of sp³-hybridized carbons (Fsp3) is 0.120. The molecular formula is C25H21N3O5S. The molecule has 0 spiro atoms. The van der Waals surface area contributed by atoms with Crippen LogP contribution in [0.5, 0.6) is 0 Å². The van der Waals surface area contributed by atoms with E-state index >= 15 is 0 Å². The molecule has 0 bridgehead atoms. The van der Waals surface area contributed by atoms with Crippen LogP contribution >= 0.6 is 11.8 Å². The van der Waals surface area contributed by atoms with Crippen molar-refractivity contribution in [2.24, 2.45) is 0 Å². The normalized spacial score (nSPS) is 14.6. The first kappa shape index (κ1) is 23.1. The van der Waals surface area contributed by atoms with Gasteiger partial charge in [-0.2, -0.15) is 0 Å². The number of hydrogen-bond donors (Lipinski definition) is 2. The predicted octanol–water partition coefficient (Wildman–Crippen LogP) is 4.47. The maximum Gasteiger partial charge on any atom is 0.335 e. The van der Waals surface area contributed by atoms with Gasteiger partial charge in [-0.1, -0.05) is 18.2 Å². The second-order valence-corrected chi connectivity index (χ2v) is 8.73. The highest BCUT2D eigenvalue weighted by Gasteiger charge is 2.36. The minimum Gasteiger partial charge on any atom is -0.478 e. The standard InChI is InChI=1S/C25H21N3O5S/c1-15-5-3-6-16(2)22(15)26-21(29)14-28-23(30)20(34-25(28)33)13-19-7-4-12-27(19)18-10-8-17(9-11-18)24(31)32/h3-13H,14H2,1-2H3,(H,26,29)(H,31,32)/b20-13+. The minimum atomic E-state index is -1.02. The van der Waals surface area contributed by atoms with Gasteiger partial charge in [0, 0.05) is 23.3 Å². The molecule has 0 unspecified atom stereocenters. The van der Waals surface area contributed by atoms with Crippen molar-refractivity contribution in [3.05, 3.63) is 88.1 Å². The highest BCUT2D eigenvalue weighted by molar-refractivity contribution is 8.18. The topological polar surface area (TPSA) is 109 Å². The van der Waals surface area contributed by atoms with Crippen LogP contribution in [0, 0.1) is 13.8 Å². The van der Waals surface area contributed by atoms with Crippen LogP contribution in [0.2, 0.25) is 0 Å². The Balaban J connectivity index is 1.51. The molecule has 0 radical (unpaired) electrons. The highest BCUT2D eigenvalue weighted by Crippen LogP contribution is 2.32. The number of amides is 3. The number of imide groups is 1. The first-order valence-electron chi connectivity index (χ1n) is 10.4. The molecule has 2 aromatic carbocycles. The van der Waals surface area contributed by atoms with Crippen molar-refractivity contribution in [1.82, 2.24) is 9.47 Å². The number of aromatic nitrogens is 1. The smallest absolute Gasteiger partial charge is 0.335 e. The van der Waals surface area contributed by atoms with Crippen LogP contribution < -0.4 is 5.32 Å². The van der Waals surface area contributed by atoms with Gasteiger partial charge in [-0.05, 0) is 79.2 Å². The summed E-state index contributed by atoms with van der Waals surface area (Å²) in [6, 6.07) is 15.5. The average molecular weight is 476 g/mol. The summed E-state index contributed by atoms with van der Waals surface area (Å²) in [5, 5.41) is 11.4. The molecule has 1 aromatic heterocycles. The fourth-order valence-electron chi connectivity index (χ4n) is 3.62. The summed E-state index contributed by atoms with van der Waals surface area (Å²) in [4.78, 5) is 50.2. The van der Waals surface area contributed by atoms with Crippen LogP contribution in [0.4, 0.5) is 10.5 Å². The Morgan fingerprint density at radius 3 is 2.32 bits per heavy atom. The van der Waals surface area contributed by atoms with Crippen LogP contribution in [0.25, 0.3) is 11.8 Å². The number of nitrogens with one attached hydrogen (secondary N) is 1. The number of carbonyl (C=O) groups excluding carboxylic acids is 3. The number of thioether (sulfide) groups is 1. The molecule has 3 aromatic rings. The number of para-hydroxylation sites is 1. The number of aromatic carboxylic acids is 1. The van der Waals surface area contributed by atoms with Crippen molar-refractivity contribution in [2.75, 3.05) is 11.9 Å². The van der Waals surface area contributed by atoms with Gasteiger partial charge in [0.25, 0.3) is 11.1 Å². The van der Waals surface area contributed by atoms with Crippen LogP contribution in [-0.4, -0.2) is 44.1 Å². The van der Waals surface area contributed by atoms with Crippen LogP contribution in [-0.2, 0) is 9.59 Å². The molecule has 1 aliphatic heterocycles. The minimum absolute atomic E-state index is 0.165. The zero-order valence-corrected chi connectivity index (χ0v) is 19.3. The Morgan fingerprint density at radius 1 is 1.00 bits per heavy atom. The molecule has 8 nitrogen and oxygen atoms in total. The Labute approximate surface area is 199 Å². The molecule has 1 saturated heterocycles. The van der Waals surface area contributed by atoms with Gasteiger partial charge in [0.15, 0.2) is 0 Å². The van der Waals surface area contributed by atoms with E-state index in [1.807, 2.05) is 32.0 Å². The van der Waals surface area contributed by atoms with Crippen molar-refractivity contribution in [3.8, 4) is 5.69 Å². The van der Waals surface area contributed by atoms with Crippen LogP contribution in [0.15, 0.2) is 65.7 Å². The van der Waals surface area contributed by atoms with Crippen molar-refractivity contribution >= 4 is 46.5 Å². The number of carboxylic acids is 1. The first-order valence-corrected chi connectivity index (χ1v) is 11.2. The maximum absolute atomic E-state index is 12.9. The van der Waals surface area contributed by atoms with Gasteiger partial charge in [-0.15, -0.1) is 0 Å². The Morgan fingerprint density at radius 2 is 1.68 bits per heavy atom. The predicted molar refractivity (Wildman–Crippen MR) is 130 cm³/mol. The van der Waals surface area contributed by atoms with Gasteiger partial charge in [0.1, 0.15) is 6.54 Å². The molecule has 1 fully saturated rings. The fourth-order valence-corrected chi connectivity index (χ4v) is 4.44. The lowest BCUT2D eigenvalue weighted by atomic mass is 10.1. The number of benzene rings is 2. The second-order valence-electron chi connectivity index (χ2n) is 7.74. The summed E-state index contributed by atoms with van der Waals surface area (Å²) in [7, 11) is 0. The van der Waals surface area contributed by atoms with Gasteiger partial charge in [0.05, 0.1) is 10.5 Å². The number of carboxylic acid groups (broad SMARTS) is 1. The third kappa shape index (κ3) is 4.65. The molecule has 2 N–H and O–H groups in total. The first-order chi connectivity index (χ1) is 16.2. The molecule has 1 aliphatic rings. The van der Waals surface area contributed by atoms with Crippen LogP contribution in [0.3, 0.4) is 0 Å². The van der Waals surface area contributed by atoms with E-state index in [-0.39, 0.29) is 17.0 Å². The molecule has 172 valence electrons. The van der Waals surface area contributed by atoms with E-state index in [2.05, 4.69) is 5.32 Å². The Bertz CT molecular complexity index is 1320. The zero-order valence-electron chi connectivity index (χ0n) is 18.4. The number of hydrogen-bond acceptors (Lipinski definition) is 5. The van der Waals surface area contributed by atoms with Crippen molar-refractivity contribution in [1.29, 1.82) is 0 Å². The molecular weight excluding hydrogens is 454 g/mol. The SMILES string of the molecule is Cc1cccc(C)c1NC(=O)CN1C(=O)S/C(=C/c2cccn2-c2ccc(C(=O)O)cc2)C1=O. The summed E-state index contributed by atoms with van der Waals surface area (Å²) in [6.07, 6.45) is 3.35. The van der Waals surface area contributed by atoms with E-state index in [0.717, 1.165) is 27.8 Å². The summed E-state index contributed by atoms with van der Waals surface area (Å²) in [5.41, 5.74) is 3.94. The number of nitrogens with zero attached hydrogens (tertiary/aromatic N) is 2. The molecule has 9 heteroatoms. The third-order valence-corrected chi connectivity index (χ3v) is 6.28. The number of carbonyl (C=O) groups is 4. The molecule has 4 rings (SSSR count). The highest BCUT2D eigenvalue weighted by atomic mass is 32.2. The van der Waals surface area contributed by atoms with E-state index in [1.54, 1.807) is 41.1 Å². The lowest BCUT2D eigenvalue weighted by molar-refractivity contribution is -0.127. The molecule has 0 atom stereocenters. The van der Waals surface area contributed by atoms with E-state index in [4.69, 9.17) is 5.11 Å². The van der Waals surface area contributed by atoms with E-state index < -0.39 is 23.0 Å². The lowest BCUT2D eigenvalue weighted by Gasteiger charge is -2.15. The monoisotopic (exact) mass is 475 g/mol. The second kappa shape index (κ2) is 9.40. The van der Waals surface area contributed by atoms with Gasteiger partial charge < -0.3 is 15.0 Å². The number of rotatable bonds is 6. The Kier molecular flexibility index (Phi) is 6.38. The summed E-state index contributed by atoms with van der Waals surface area (Å²) in [6.45, 7) is 3.36. The third-order valence-electron chi connectivity index (χ3n) is 5.37. The average Bonchev–Trinajstić information content (AvgIpc) is 3.36. The molecule has 0 saturated carbocycles. The Hall–Kier alpha value is -4.11. The van der Waals surface area contributed by atoms with E-state index in [1.165, 1.54) is 12.1 Å². The van der Waals surface area contributed by atoms with E-state index in [9.17, 15) is 19.2 Å². The largest absolute Gasteiger partial charge is 0.478 e. The van der Waals surface area contributed by atoms with Crippen molar-refractivity contribution in [3.63, 3.8) is 0 Å². The van der Waals surface area contributed by atoms with E-state index in [0.29, 0.717) is 17.1 Å².